The summed E-state index contributed by atoms with van der Waals surface area (Å²) in [5, 5.41) is 11.6. The van der Waals surface area contributed by atoms with E-state index in [1.54, 1.807) is 50.2 Å². The summed E-state index contributed by atoms with van der Waals surface area (Å²) < 4.78 is 23.2. The number of carboxylic acid groups (broad SMARTS) is 1. The molecule has 0 aliphatic rings. The van der Waals surface area contributed by atoms with Crippen LogP contribution in [0.15, 0.2) is 48.5 Å². The fourth-order valence-electron chi connectivity index (χ4n) is 2.99. The van der Waals surface area contributed by atoms with Crippen LogP contribution in [0.5, 0.6) is 0 Å². The number of nitrogens with two attached hydrogens (primary N) is 1. The maximum atomic E-state index is 12.6. The molecule has 9 nitrogen and oxygen atoms in total. The normalized spacial score (nSPS) is 12.2. The monoisotopic (exact) mass is 462 g/mol. The van der Waals surface area contributed by atoms with E-state index in [4.69, 9.17) is 19.9 Å². The molecule has 4 N–H and O–H groups in total. The van der Waals surface area contributed by atoms with Crippen molar-refractivity contribution in [2.75, 3.05) is 13.2 Å². The summed E-state index contributed by atoms with van der Waals surface area (Å²) in [5.74, 6) is -2.27. The molecule has 10 heteroatoms. The average Bonchev–Trinajstić information content (AvgIpc) is 2.74. The predicted octanol–water partition coefficient (Wildman–Crippen LogP) is 2.98. The van der Waals surface area contributed by atoms with Gasteiger partial charge in [-0.2, -0.15) is 0 Å². The Morgan fingerprint density at radius 1 is 0.938 bits per heavy atom. The van der Waals surface area contributed by atoms with Crippen molar-refractivity contribution in [3.8, 4) is 0 Å². The lowest BCUT2D eigenvalue weighted by Crippen LogP contribution is -2.45. The molecule has 1 atom stereocenters. The minimum Gasteiger partial charge on any atom is -0.478 e. The molecule has 172 valence electrons. The van der Waals surface area contributed by atoms with Gasteiger partial charge in [0.2, 0.25) is 5.91 Å². The van der Waals surface area contributed by atoms with Crippen LogP contribution in [0.1, 0.15) is 45.7 Å². The third-order valence-electron chi connectivity index (χ3n) is 4.53. The molecule has 0 bridgehead atoms. The molecule has 0 heterocycles. The Bertz CT molecular complexity index is 980. The minimum atomic E-state index is -3.26. The van der Waals surface area contributed by atoms with Crippen LogP contribution in [-0.2, 0) is 31.0 Å². The first-order chi connectivity index (χ1) is 15.2. The fourth-order valence-corrected chi connectivity index (χ4v) is 4.69. The van der Waals surface area contributed by atoms with Gasteiger partial charge in [0.1, 0.15) is 6.04 Å². The van der Waals surface area contributed by atoms with E-state index in [1.807, 2.05) is 0 Å². The van der Waals surface area contributed by atoms with Crippen LogP contribution in [0.25, 0.3) is 0 Å². The van der Waals surface area contributed by atoms with Crippen molar-refractivity contribution < 1.29 is 33.1 Å². The molecule has 0 aliphatic carbocycles. The van der Waals surface area contributed by atoms with Crippen LogP contribution in [0.2, 0.25) is 0 Å². The van der Waals surface area contributed by atoms with Gasteiger partial charge in [-0.3, -0.25) is 14.2 Å². The van der Waals surface area contributed by atoms with Gasteiger partial charge in [-0.05, 0) is 49.2 Å². The highest BCUT2D eigenvalue weighted by atomic mass is 31.2. The van der Waals surface area contributed by atoms with Crippen LogP contribution >= 0.6 is 7.60 Å². The van der Waals surface area contributed by atoms with E-state index in [1.165, 1.54) is 12.1 Å². The number of hydrogen-bond acceptors (Lipinski definition) is 6. The second kappa shape index (κ2) is 11.6. The van der Waals surface area contributed by atoms with Crippen LogP contribution in [0, 0.1) is 0 Å². The molecule has 0 saturated heterocycles. The number of carbonyl (C=O) groups is 3. The van der Waals surface area contributed by atoms with E-state index in [0.717, 1.165) is 0 Å². The maximum Gasteiger partial charge on any atom is 0.335 e. The summed E-state index contributed by atoms with van der Waals surface area (Å²) in [4.78, 5) is 35.4. The average molecular weight is 462 g/mol. The Labute approximate surface area is 186 Å². The lowest BCUT2D eigenvalue weighted by atomic mass is 10.0. The third-order valence-corrected chi connectivity index (χ3v) is 6.59. The standard InChI is InChI=1S/C22H27N2O7P/c1-3-30-32(29,31-4-2)14-16-7-9-17(10-8-16)21(26)24-19(20(23)25)13-15-5-11-18(12-6-15)22(27)28/h5-12,19H,3-4,13-14H2,1-2H3,(H2,23,25)(H,24,26)(H,27,28)/t19-/m1/s1. The molecule has 0 radical (unpaired) electrons. The summed E-state index contributed by atoms with van der Waals surface area (Å²) in [7, 11) is -3.26. The van der Waals surface area contributed by atoms with Crippen LogP contribution < -0.4 is 11.1 Å². The number of carboxylic acids is 1. The number of hydrogen-bond donors (Lipinski definition) is 3. The number of aromatic carboxylic acids is 1. The topological polar surface area (TPSA) is 145 Å². The highest BCUT2D eigenvalue weighted by molar-refractivity contribution is 7.53. The van der Waals surface area contributed by atoms with E-state index in [-0.39, 0.29) is 31.4 Å². The quantitative estimate of drug-likeness (QED) is 0.411. The van der Waals surface area contributed by atoms with Crippen LogP contribution in [0.4, 0.5) is 0 Å². The van der Waals surface area contributed by atoms with Crippen molar-refractivity contribution in [3.63, 3.8) is 0 Å². The molecule has 2 amide bonds. The predicted molar refractivity (Wildman–Crippen MR) is 119 cm³/mol. The molecule has 0 spiro atoms. The Morgan fingerprint density at radius 3 is 1.91 bits per heavy atom. The van der Waals surface area contributed by atoms with Gasteiger partial charge >= 0.3 is 13.6 Å². The van der Waals surface area contributed by atoms with E-state index < -0.39 is 31.4 Å². The Kier molecular flexibility index (Phi) is 9.13. The molecule has 0 aliphatic heterocycles. The van der Waals surface area contributed by atoms with Gasteiger partial charge in [-0.15, -0.1) is 0 Å². The van der Waals surface area contributed by atoms with Crippen molar-refractivity contribution in [2.24, 2.45) is 5.73 Å². The highest BCUT2D eigenvalue weighted by Crippen LogP contribution is 2.51. The summed E-state index contributed by atoms with van der Waals surface area (Å²) in [6.45, 7) is 3.97. The molecular weight excluding hydrogens is 435 g/mol. The molecule has 0 unspecified atom stereocenters. The second-order valence-corrected chi connectivity index (χ2v) is 8.99. The van der Waals surface area contributed by atoms with Gasteiger partial charge in [0.25, 0.3) is 5.91 Å². The number of amides is 2. The lowest BCUT2D eigenvalue weighted by molar-refractivity contribution is -0.119. The zero-order valence-corrected chi connectivity index (χ0v) is 18.8. The molecule has 2 aromatic rings. The molecule has 0 aromatic heterocycles. The Balaban J connectivity index is 2.06. The molecular formula is C22H27N2O7P. The number of nitrogens with one attached hydrogen (secondary N) is 1. The van der Waals surface area contributed by atoms with E-state index >= 15 is 0 Å². The largest absolute Gasteiger partial charge is 0.478 e. The van der Waals surface area contributed by atoms with Gasteiger partial charge in [0, 0.05) is 12.0 Å². The van der Waals surface area contributed by atoms with Gasteiger partial charge in [-0.1, -0.05) is 24.3 Å². The zero-order valence-electron chi connectivity index (χ0n) is 17.9. The fraction of sp³-hybridized carbons (Fsp3) is 0.318. The first-order valence-corrected chi connectivity index (χ1v) is 11.8. The van der Waals surface area contributed by atoms with Crippen LogP contribution in [0.3, 0.4) is 0 Å². The highest BCUT2D eigenvalue weighted by Gasteiger charge is 2.24. The van der Waals surface area contributed by atoms with Gasteiger partial charge < -0.3 is 25.2 Å². The van der Waals surface area contributed by atoms with Crippen molar-refractivity contribution in [2.45, 2.75) is 32.5 Å². The summed E-state index contributed by atoms with van der Waals surface area (Å²) in [5.41, 5.74) is 7.17. The Morgan fingerprint density at radius 2 is 1.44 bits per heavy atom. The molecule has 2 aromatic carbocycles. The summed E-state index contributed by atoms with van der Waals surface area (Å²) in [6.07, 6.45) is 0.192. The number of benzene rings is 2. The second-order valence-electron chi connectivity index (χ2n) is 6.94. The third kappa shape index (κ3) is 7.30. The van der Waals surface area contributed by atoms with E-state index in [0.29, 0.717) is 16.7 Å². The first-order valence-electron chi connectivity index (χ1n) is 10.1. The lowest BCUT2D eigenvalue weighted by Gasteiger charge is -2.17. The SMILES string of the molecule is CCOP(=O)(Cc1ccc(C(=O)N[C@H](Cc2ccc(C(=O)O)cc2)C(N)=O)cc1)OCC. The van der Waals surface area contributed by atoms with Crippen molar-refractivity contribution in [3.05, 3.63) is 70.8 Å². The van der Waals surface area contributed by atoms with Gasteiger partial charge in [0.15, 0.2) is 0 Å². The van der Waals surface area contributed by atoms with Crippen molar-refractivity contribution in [1.82, 2.24) is 5.32 Å². The minimum absolute atomic E-state index is 0.0762. The first kappa shape index (κ1) is 25.3. The van der Waals surface area contributed by atoms with Crippen molar-refractivity contribution in [1.29, 1.82) is 0 Å². The van der Waals surface area contributed by atoms with Gasteiger partial charge in [0.05, 0.1) is 24.9 Å². The number of carbonyl (C=O) groups excluding carboxylic acids is 2. The molecule has 0 saturated carbocycles. The van der Waals surface area contributed by atoms with E-state index in [2.05, 4.69) is 5.32 Å². The zero-order chi connectivity index (χ0) is 23.7. The summed E-state index contributed by atoms with van der Waals surface area (Å²) in [6, 6.07) is 11.4. The van der Waals surface area contributed by atoms with Crippen molar-refractivity contribution >= 4 is 25.4 Å². The summed E-state index contributed by atoms with van der Waals surface area (Å²) >= 11 is 0. The van der Waals surface area contributed by atoms with Gasteiger partial charge in [-0.25, -0.2) is 4.79 Å². The molecule has 0 fully saturated rings. The van der Waals surface area contributed by atoms with E-state index in [9.17, 15) is 18.9 Å². The molecule has 2 rings (SSSR count). The molecule has 32 heavy (non-hydrogen) atoms. The smallest absolute Gasteiger partial charge is 0.335 e. The number of primary amides is 1. The Hall–Kier alpha value is -3.00. The van der Waals surface area contributed by atoms with Crippen LogP contribution in [-0.4, -0.2) is 42.1 Å². The number of rotatable bonds is 12. The maximum absolute atomic E-state index is 12.6.